The van der Waals surface area contributed by atoms with E-state index in [1.807, 2.05) is 43.3 Å². The molecule has 5 nitrogen and oxygen atoms in total. The lowest BCUT2D eigenvalue weighted by Gasteiger charge is -2.44. The molecule has 3 aromatic rings. The number of aromatic hydroxyl groups is 1. The van der Waals surface area contributed by atoms with Crippen molar-refractivity contribution in [3.63, 3.8) is 0 Å². The zero-order valence-corrected chi connectivity index (χ0v) is 22.5. The minimum Gasteiger partial charge on any atom is -0.508 e. The van der Waals surface area contributed by atoms with Gasteiger partial charge in [0.05, 0.1) is 12.6 Å². The number of fused-ring (bicyclic) bond motifs is 1. The molecule has 3 aliphatic rings. The van der Waals surface area contributed by atoms with E-state index >= 15 is 0 Å². The van der Waals surface area contributed by atoms with Gasteiger partial charge < -0.3 is 19.6 Å². The lowest BCUT2D eigenvalue weighted by molar-refractivity contribution is 0.0541. The van der Waals surface area contributed by atoms with E-state index in [9.17, 15) is 9.90 Å². The Labute approximate surface area is 226 Å². The van der Waals surface area contributed by atoms with Gasteiger partial charge in [0.15, 0.2) is 0 Å². The quantitative estimate of drug-likeness (QED) is 0.415. The first kappa shape index (κ1) is 25.0. The molecule has 38 heavy (non-hydrogen) atoms. The molecular weight excluding hydrogens is 472 g/mol. The third kappa shape index (κ3) is 4.80. The second-order valence-electron chi connectivity index (χ2n) is 11.6. The molecule has 3 aromatic carbocycles. The van der Waals surface area contributed by atoms with Gasteiger partial charge >= 0.3 is 0 Å². The number of hydrogen-bond donors (Lipinski definition) is 1. The van der Waals surface area contributed by atoms with Crippen molar-refractivity contribution < 1.29 is 14.6 Å². The predicted molar refractivity (Wildman–Crippen MR) is 150 cm³/mol. The summed E-state index contributed by atoms with van der Waals surface area (Å²) in [5.74, 6) is 1.82. The number of nitrogens with zero attached hydrogens (tertiary/aromatic N) is 2. The van der Waals surface area contributed by atoms with Crippen LogP contribution in [0.4, 0.5) is 0 Å². The number of rotatable bonds is 7. The Bertz CT molecular complexity index is 1310. The summed E-state index contributed by atoms with van der Waals surface area (Å²) in [4.78, 5) is 18.8. The molecule has 2 fully saturated rings. The van der Waals surface area contributed by atoms with E-state index in [1.54, 1.807) is 6.07 Å². The highest BCUT2D eigenvalue weighted by molar-refractivity contribution is 5.96. The van der Waals surface area contributed by atoms with Gasteiger partial charge in [0.25, 0.3) is 5.91 Å². The van der Waals surface area contributed by atoms with Crippen LogP contribution in [-0.4, -0.2) is 52.6 Å². The largest absolute Gasteiger partial charge is 0.508 e. The van der Waals surface area contributed by atoms with Crippen LogP contribution in [0, 0.1) is 12.8 Å². The van der Waals surface area contributed by atoms with E-state index in [4.69, 9.17) is 4.74 Å². The second kappa shape index (κ2) is 10.1. The molecule has 1 saturated heterocycles. The number of carbonyl (C=O) groups excluding carboxylic acids is 1. The topological polar surface area (TPSA) is 53.0 Å². The van der Waals surface area contributed by atoms with E-state index in [0.717, 1.165) is 66.0 Å². The van der Waals surface area contributed by atoms with Gasteiger partial charge in [-0.05, 0) is 105 Å². The maximum absolute atomic E-state index is 14.1. The molecule has 2 unspecified atom stereocenters. The van der Waals surface area contributed by atoms with Crippen molar-refractivity contribution in [2.45, 2.75) is 57.5 Å². The molecule has 6 rings (SSSR count). The van der Waals surface area contributed by atoms with Gasteiger partial charge in [-0.2, -0.15) is 0 Å². The average Bonchev–Trinajstić information content (AvgIpc) is 3.52. The van der Waals surface area contributed by atoms with E-state index < -0.39 is 0 Å². The summed E-state index contributed by atoms with van der Waals surface area (Å²) < 4.78 is 6.21. The molecule has 1 saturated carbocycles. The number of likely N-dealkylation sites (tertiary alicyclic amines) is 1. The standard InChI is InChI=1S/C33H38N2O3/c1-3-16-34-17-13-24(21-34)22-38-29-10-7-25(8-11-29)31-30-12-9-28(36)19-27(30)20-33(14-15-33)35(31)32(37)26-6-4-5-23(2)18-26/h4-12,18-19,24,31,36H,3,13-17,20-22H2,1-2H3. The number of aryl methyl sites for hydroxylation is 1. The molecule has 5 heteroatoms. The van der Waals surface area contributed by atoms with Crippen molar-refractivity contribution in [3.05, 3.63) is 94.5 Å². The van der Waals surface area contributed by atoms with Crippen LogP contribution in [0.5, 0.6) is 11.5 Å². The Morgan fingerprint density at radius 1 is 1.08 bits per heavy atom. The molecule has 0 bridgehead atoms. The number of ether oxygens (including phenoxy) is 1. The number of benzene rings is 3. The van der Waals surface area contributed by atoms with Crippen LogP contribution in [0.1, 0.15) is 71.3 Å². The molecule has 2 heterocycles. The van der Waals surface area contributed by atoms with E-state index in [2.05, 4.69) is 41.0 Å². The summed E-state index contributed by atoms with van der Waals surface area (Å²) in [5.41, 5.74) is 4.93. The van der Waals surface area contributed by atoms with Crippen LogP contribution in [0.25, 0.3) is 0 Å². The van der Waals surface area contributed by atoms with Crippen molar-refractivity contribution in [2.75, 3.05) is 26.2 Å². The van der Waals surface area contributed by atoms with Crippen molar-refractivity contribution in [1.29, 1.82) is 0 Å². The van der Waals surface area contributed by atoms with E-state index in [0.29, 0.717) is 5.92 Å². The van der Waals surface area contributed by atoms with Crippen LogP contribution in [0.3, 0.4) is 0 Å². The molecule has 0 aromatic heterocycles. The predicted octanol–water partition coefficient (Wildman–Crippen LogP) is 6.13. The summed E-state index contributed by atoms with van der Waals surface area (Å²) in [5, 5.41) is 10.3. The summed E-state index contributed by atoms with van der Waals surface area (Å²) in [7, 11) is 0. The summed E-state index contributed by atoms with van der Waals surface area (Å²) in [6, 6.07) is 21.7. The fraction of sp³-hybridized carbons (Fsp3) is 0.424. The highest BCUT2D eigenvalue weighted by Crippen LogP contribution is 2.55. The third-order valence-electron chi connectivity index (χ3n) is 8.61. The number of carbonyl (C=O) groups is 1. The molecule has 198 valence electrons. The molecule has 1 aliphatic carbocycles. The van der Waals surface area contributed by atoms with Gasteiger partial charge in [-0.15, -0.1) is 0 Å². The highest BCUT2D eigenvalue weighted by Gasteiger charge is 2.56. The molecule has 1 N–H and O–H groups in total. The Hall–Kier alpha value is -3.31. The van der Waals surface area contributed by atoms with Gasteiger partial charge in [-0.3, -0.25) is 4.79 Å². The summed E-state index contributed by atoms with van der Waals surface area (Å²) in [6.07, 6.45) is 5.13. The van der Waals surface area contributed by atoms with Gasteiger partial charge in [-0.1, -0.05) is 42.8 Å². The summed E-state index contributed by atoms with van der Waals surface area (Å²) in [6.45, 7) is 8.47. The van der Waals surface area contributed by atoms with Crippen molar-refractivity contribution >= 4 is 5.91 Å². The van der Waals surface area contributed by atoms with Crippen LogP contribution < -0.4 is 4.74 Å². The van der Waals surface area contributed by atoms with E-state index in [1.165, 1.54) is 25.9 Å². The van der Waals surface area contributed by atoms with Gasteiger partial charge in [0.1, 0.15) is 11.5 Å². The van der Waals surface area contributed by atoms with Crippen molar-refractivity contribution in [3.8, 4) is 11.5 Å². The van der Waals surface area contributed by atoms with E-state index in [-0.39, 0.29) is 23.2 Å². The lowest BCUT2D eigenvalue weighted by Crippen LogP contribution is -2.49. The first-order chi connectivity index (χ1) is 18.5. The first-order valence-corrected chi connectivity index (χ1v) is 14.1. The molecule has 0 radical (unpaired) electrons. The Morgan fingerprint density at radius 3 is 2.63 bits per heavy atom. The maximum Gasteiger partial charge on any atom is 0.255 e. The smallest absolute Gasteiger partial charge is 0.255 e. The highest BCUT2D eigenvalue weighted by atomic mass is 16.5. The van der Waals surface area contributed by atoms with Crippen molar-refractivity contribution in [1.82, 2.24) is 9.80 Å². The molecule has 2 aliphatic heterocycles. The van der Waals surface area contributed by atoms with Crippen LogP contribution in [0.15, 0.2) is 66.7 Å². The average molecular weight is 511 g/mol. The monoisotopic (exact) mass is 510 g/mol. The summed E-state index contributed by atoms with van der Waals surface area (Å²) >= 11 is 0. The zero-order valence-electron chi connectivity index (χ0n) is 22.5. The number of phenols is 1. The van der Waals surface area contributed by atoms with Crippen LogP contribution in [-0.2, 0) is 6.42 Å². The molecular formula is C33H38N2O3. The maximum atomic E-state index is 14.1. The normalized spacial score (nSPS) is 21.9. The zero-order chi connectivity index (χ0) is 26.3. The molecule has 2 atom stereocenters. The first-order valence-electron chi connectivity index (χ1n) is 14.1. The van der Waals surface area contributed by atoms with Crippen LogP contribution >= 0.6 is 0 Å². The molecule has 1 spiro atoms. The third-order valence-corrected chi connectivity index (χ3v) is 8.61. The molecule has 1 amide bonds. The minimum atomic E-state index is -0.207. The Balaban J connectivity index is 1.29. The van der Waals surface area contributed by atoms with Crippen LogP contribution in [0.2, 0.25) is 0 Å². The van der Waals surface area contributed by atoms with Gasteiger partial charge in [-0.25, -0.2) is 0 Å². The number of hydrogen-bond acceptors (Lipinski definition) is 4. The van der Waals surface area contributed by atoms with Gasteiger partial charge in [0.2, 0.25) is 0 Å². The second-order valence-corrected chi connectivity index (χ2v) is 11.6. The minimum absolute atomic E-state index is 0.0770. The Kier molecular flexibility index (Phi) is 6.65. The fourth-order valence-electron chi connectivity index (χ4n) is 6.53. The SMILES string of the molecule is CCCN1CCC(COc2ccc(C3c4ccc(O)cc4CC4(CC4)N3C(=O)c3cccc(C)c3)cc2)C1. The van der Waals surface area contributed by atoms with Gasteiger partial charge in [0, 0.05) is 23.6 Å². The number of amides is 1. The Morgan fingerprint density at radius 2 is 1.89 bits per heavy atom. The van der Waals surface area contributed by atoms with Crippen molar-refractivity contribution in [2.24, 2.45) is 5.92 Å². The number of phenolic OH excluding ortho intramolecular Hbond substituents is 1. The lowest BCUT2D eigenvalue weighted by atomic mass is 9.82. The fourth-order valence-corrected chi connectivity index (χ4v) is 6.53.